The van der Waals surface area contributed by atoms with Crippen LogP contribution in [0.15, 0.2) is 42.7 Å². The van der Waals surface area contributed by atoms with Crippen LogP contribution in [0.25, 0.3) is 0 Å². The lowest BCUT2D eigenvalue weighted by molar-refractivity contribution is -0.153. The van der Waals surface area contributed by atoms with Crippen molar-refractivity contribution in [2.75, 3.05) is 26.8 Å². The lowest BCUT2D eigenvalue weighted by atomic mass is 9.68. The Morgan fingerprint density at radius 1 is 1.26 bits per heavy atom. The summed E-state index contributed by atoms with van der Waals surface area (Å²) in [7, 11) is 1.70. The molecule has 1 aromatic carbocycles. The van der Waals surface area contributed by atoms with Gasteiger partial charge in [-0.25, -0.2) is 4.98 Å². The Hall–Kier alpha value is -2.14. The lowest BCUT2D eigenvalue weighted by Gasteiger charge is -2.45. The molecule has 1 saturated carbocycles. The van der Waals surface area contributed by atoms with Crippen molar-refractivity contribution in [3.05, 3.63) is 54.1 Å². The fraction of sp³-hybridized carbons (Fsp3) is 0.545. The van der Waals surface area contributed by atoms with Crippen LogP contribution < -0.4 is 0 Å². The number of benzene rings is 1. The molecule has 144 valence electrons. The first-order chi connectivity index (χ1) is 13.2. The van der Waals surface area contributed by atoms with Crippen LogP contribution in [0, 0.1) is 5.41 Å². The molecule has 0 spiro atoms. The fourth-order valence-electron chi connectivity index (χ4n) is 4.60. The minimum absolute atomic E-state index is 0.268. The SMILES string of the molecule is COCC1(C(=O)N2CCCC(c3nccn3Cc3ccccc3)C2)CCC1. The zero-order valence-electron chi connectivity index (χ0n) is 16.1. The number of rotatable bonds is 6. The van der Waals surface area contributed by atoms with Crippen LogP contribution in [0.1, 0.15) is 49.4 Å². The van der Waals surface area contributed by atoms with E-state index in [1.807, 2.05) is 12.3 Å². The Kier molecular flexibility index (Phi) is 5.30. The van der Waals surface area contributed by atoms with E-state index in [1.165, 1.54) is 5.56 Å². The first kappa shape index (κ1) is 18.2. The van der Waals surface area contributed by atoms with Crippen molar-refractivity contribution in [1.82, 2.24) is 14.5 Å². The Bertz CT molecular complexity index is 767. The van der Waals surface area contributed by atoms with Gasteiger partial charge in [-0.15, -0.1) is 0 Å². The maximum absolute atomic E-state index is 13.2. The normalized spacial score (nSPS) is 21.7. The van der Waals surface area contributed by atoms with E-state index in [-0.39, 0.29) is 5.41 Å². The first-order valence-electron chi connectivity index (χ1n) is 10.1. The topological polar surface area (TPSA) is 47.4 Å². The quantitative estimate of drug-likeness (QED) is 0.786. The summed E-state index contributed by atoms with van der Waals surface area (Å²) >= 11 is 0. The summed E-state index contributed by atoms with van der Waals surface area (Å²) in [5.41, 5.74) is 1.00. The highest BCUT2D eigenvalue weighted by Crippen LogP contribution is 2.43. The highest BCUT2D eigenvalue weighted by molar-refractivity contribution is 5.84. The van der Waals surface area contributed by atoms with Gasteiger partial charge in [0.1, 0.15) is 5.82 Å². The third kappa shape index (κ3) is 3.65. The fourth-order valence-corrected chi connectivity index (χ4v) is 4.60. The zero-order chi connectivity index (χ0) is 18.7. The molecule has 5 heteroatoms. The number of methoxy groups -OCH3 is 1. The average molecular weight is 367 g/mol. The molecule has 1 aliphatic carbocycles. The summed E-state index contributed by atoms with van der Waals surface area (Å²) in [5, 5.41) is 0. The summed E-state index contributed by atoms with van der Waals surface area (Å²) < 4.78 is 7.62. The van der Waals surface area contributed by atoms with Crippen molar-refractivity contribution in [2.24, 2.45) is 5.41 Å². The van der Waals surface area contributed by atoms with E-state index in [0.29, 0.717) is 18.4 Å². The van der Waals surface area contributed by atoms with Crippen molar-refractivity contribution >= 4 is 5.91 Å². The molecule has 2 heterocycles. The smallest absolute Gasteiger partial charge is 0.231 e. The zero-order valence-corrected chi connectivity index (χ0v) is 16.1. The Balaban J connectivity index is 1.48. The Labute approximate surface area is 161 Å². The van der Waals surface area contributed by atoms with E-state index in [0.717, 1.165) is 57.6 Å². The van der Waals surface area contributed by atoms with E-state index < -0.39 is 0 Å². The highest BCUT2D eigenvalue weighted by atomic mass is 16.5. The van der Waals surface area contributed by atoms with Crippen molar-refractivity contribution in [1.29, 1.82) is 0 Å². The number of carbonyl (C=O) groups excluding carboxylic acids is 1. The molecule has 0 bridgehead atoms. The summed E-state index contributed by atoms with van der Waals surface area (Å²) in [6, 6.07) is 10.5. The van der Waals surface area contributed by atoms with Gasteiger partial charge in [-0.3, -0.25) is 4.79 Å². The Morgan fingerprint density at radius 2 is 2.07 bits per heavy atom. The minimum Gasteiger partial charge on any atom is -0.384 e. The molecule has 1 aromatic heterocycles. The molecule has 2 aromatic rings. The van der Waals surface area contributed by atoms with Crippen LogP contribution in [0.2, 0.25) is 0 Å². The standard InChI is InChI=1S/C22H29N3O2/c1-27-17-22(10-6-11-22)21(26)25-13-5-9-19(16-25)20-23-12-14-24(20)15-18-7-3-2-4-8-18/h2-4,7-8,12,14,19H,5-6,9-11,13,15-17H2,1H3. The van der Waals surface area contributed by atoms with Gasteiger partial charge in [0.25, 0.3) is 0 Å². The predicted molar refractivity (Wildman–Crippen MR) is 104 cm³/mol. The van der Waals surface area contributed by atoms with Crippen LogP contribution in [0.5, 0.6) is 0 Å². The molecular weight excluding hydrogens is 338 g/mol. The van der Waals surface area contributed by atoms with Gasteiger partial charge in [-0.2, -0.15) is 0 Å². The van der Waals surface area contributed by atoms with Gasteiger partial charge in [0.15, 0.2) is 0 Å². The van der Waals surface area contributed by atoms with Crippen LogP contribution in [-0.4, -0.2) is 47.2 Å². The first-order valence-corrected chi connectivity index (χ1v) is 10.1. The molecule has 1 unspecified atom stereocenters. The maximum atomic E-state index is 13.2. The van der Waals surface area contributed by atoms with E-state index >= 15 is 0 Å². The molecule has 4 rings (SSSR count). The summed E-state index contributed by atoms with van der Waals surface area (Å²) in [6.07, 6.45) is 9.13. The van der Waals surface area contributed by atoms with Gasteiger partial charge >= 0.3 is 0 Å². The number of hydrogen-bond acceptors (Lipinski definition) is 3. The number of ether oxygens (including phenoxy) is 1. The maximum Gasteiger partial charge on any atom is 0.231 e. The molecule has 1 atom stereocenters. The van der Waals surface area contributed by atoms with Gasteiger partial charge in [0.05, 0.1) is 12.0 Å². The van der Waals surface area contributed by atoms with Crippen molar-refractivity contribution in [3.63, 3.8) is 0 Å². The van der Waals surface area contributed by atoms with Gasteiger partial charge in [0, 0.05) is 45.1 Å². The highest BCUT2D eigenvalue weighted by Gasteiger charge is 2.47. The second-order valence-electron chi connectivity index (χ2n) is 8.06. The van der Waals surface area contributed by atoms with Crippen LogP contribution >= 0.6 is 0 Å². The average Bonchev–Trinajstić information content (AvgIpc) is 3.13. The molecule has 2 aliphatic rings. The van der Waals surface area contributed by atoms with Crippen LogP contribution in [0.4, 0.5) is 0 Å². The summed E-state index contributed by atoms with van der Waals surface area (Å²) in [5.74, 6) is 1.70. The largest absolute Gasteiger partial charge is 0.384 e. The van der Waals surface area contributed by atoms with Crippen LogP contribution in [-0.2, 0) is 16.1 Å². The number of imidazole rings is 1. The molecule has 0 radical (unpaired) electrons. The summed E-state index contributed by atoms with van der Waals surface area (Å²) in [4.78, 5) is 19.9. The van der Waals surface area contributed by atoms with Gasteiger partial charge in [0.2, 0.25) is 5.91 Å². The number of amides is 1. The number of piperidine rings is 1. The number of hydrogen-bond donors (Lipinski definition) is 0. The van der Waals surface area contributed by atoms with Crippen LogP contribution in [0.3, 0.4) is 0 Å². The lowest BCUT2D eigenvalue weighted by Crippen LogP contribution is -2.52. The number of nitrogens with zero attached hydrogens (tertiary/aromatic N) is 3. The van der Waals surface area contributed by atoms with Gasteiger partial charge < -0.3 is 14.2 Å². The van der Waals surface area contributed by atoms with E-state index in [1.54, 1.807) is 7.11 Å². The molecule has 2 fully saturated rings. The molecule has 1 amide bonds. The van der Waals surface area contributed by atoms with Gasteiger partial charge in [-0.05, 0) is 31.2 Å². The van der Waals surface area contributed by atoms with Gasteiger partial charge in [-0.1, -0.05) is 36.8 Å². The molecule has 5 nitrogen and oxygen atoms in total. The molecule has 0 N–H and O–H groups in total. The van der Waals surface area contributed by atoms with E-state index in [2.05, 4.69) is 44.9 Å². The number of aromatic nitrogens is 2. The van der Waals surface area contributed by atoms with Crippen molar-refractivity contribution in [2.45, 2.75) is 44.6 Å². The second-order valence-corrected chi connectivity index (χ2v) is 8.06. The van der Waals surface area contributed by atoms with E-state index in [4.69, 9.17) is 4.74 Å². The number of carbonyl (C=O) groups is 1. The second kappa shape index (κ2) is 7.85. The summed E-state index contributed by atoms with van der Waals surface area (Å²) in [6.45, 7) is 3.01. The third-order valence-corrected chi connectivity index (χ3v) is 6.20. The Morgan fingerprint density at radius 3 is 2.78 bits per heavy atom. The van der Waals surface area contributed by atoms with Crippen molar-refractivity contribution < 1.29 is 9.53 Å². The number of likely N-dealkylation sites (tertiary alicyclic amines) is 1. The third-order valence-electron chi connectivity index (χ3n) is 6.20. The van der Waals surface area contributed by atoms with E-state index in [9.17, 15) is 4.79 Å². The molecule has 27 heavy (non-hydrogen) atoms. The molecule has 1 aliphatic heterocycles. The molecule has 1 saturated heterocycles. The predicted octanol–water partition coefficient (Wildman–Crippen LogP) is 3.45. The molecular formula is C22H29N3O2. The van der Waals surface area contributed by atoms with Crippen molar-refractivity contribution in [3.8, 4) is 0 Å². The monoisotopic (exact) mass is 367 g/mol. The minimum atomic E-state index is -0.268.